The van der Waals surface area contributed by atoms with Crippen LogP contribution in [-0.4, -0.2) is 58.6 Å². The van der Waals surface area contributed by atoms with Gasteiger partial charge in [0.15, 0.2) is 0 Å². The molecule has 10 nitrogen and oxygen atoms in total. The summed E-state index contributed by atoms with van der Waals surface area (Å²) < 4.78 is 23.7. The van der Waals surface area contributed by atoms with Crippen molar-refractivity contribution in [3.8, 4) is 5.88 Å². The molecule has 1 atom stereocenters. The van der Waals surface area contributed by atoms with Crippen LogP contribution in [-0.2, 0) is 4.74 Å². The third-order valence-electron chi connectivity index (χ3n) is 4.62. The van der Waals surface area contributed by atoms with Gasteiger partial charge in [-0.1, -0.05) is 0 Å². The number of hydrogen-bond acceptors (Lipinski definition) is 9. The Kier molecular flexibility index (Phi) is 5.89. The van der Waals surface area contributed by atoms with Crippen LogP contribution in [0.2, 0.25) is 0 Å². The van der Waals surface area contributed by atoms with Crippen molar-refractivity contribution in [2.75, 3.05) is 48.9 Å². The summed E-state index contributed by atoms with van der Waals surface area (Å²) >= 11 is 0. The minimum atomic E-state index is -0.371. The molecule has 158 valence electrons. The van der Waals surface area contributed by atoms with E-state index in [4.69, 9.17) is 9.47 Å². The van der Waals surface area contributed by atoms with E-state index in [1.54, 1.807) is 19.2 Å². The molecule has 1 aliphatic rings. The van der Waals surface area contributed by atoms with Crippen LogP contribution >= 0.6 is 0 Å². The normalized spacial score (nSPS) is 15.0. The summed E-state index contributed by atoms with van der Waals surface area (Å²) in [7, 11) is 1.54. The summed E-state index contributed by atoms with van der Waals surface area (Å²) in [6, 6.07) is 6.44. The Bertz CT molecular complexity index is 975. The Balaban J connectivity index is 1.59. The molecule has 0 radical (unpaired) electrons. The van der Waals surface area contributed by atoms with Gasteiger partial charge in [0.1, 0.15) is 23.3 Å². The number of morpholine rings is 1. The zero-order chi connectivity index (χ0) is 20.9. The standard InChI is InChI=1S/C19H23FN8O2/c1-12(14-4-3-13(20)11-21-14)22-15-9-17(28-5-7-30-8-6-28)25-19(23-15)24-16-10-18(29-2)27-26-16/h3-4,9-12H,5-8H2,1-2H3,(H3,22,23,24,25,26,27)/t12-/m0/s1. The van der Waals surface area contributed by atoms with Gasteiger partial charge in [-0.25, -0.2) is 4.39 Å². The number of hydrogen-bond donors (Lipinski definition) is 3. The summed E-state index contributed by atoms with van der Waals surface area (Å²) in [6.07, 6.45) is 1.20. The van der Waals surface area contributed by atoms with Crippen LogP contribution in [0.3, 0.4) is 0 Å². The average Bonchev–Trinajstić information content (AvgIpc) is 3.22. The number of pyridine rings is 1. The molecule has 4 heterocycles. The number of anilines is 4. The van der Waals surface area contributed by atoms with Crippen LogP contribution in [0.1, 0.15) is 18.7 Å². The topological polar surface area (TPSA) is 113 Å². The van der Waals surface area contributed by atoms with Crippen LogP contribution in [0.25, 0.3) is 0 Å². The molecule has 1 fully saturated rings. The first-order valence-corrected chi connectivity index (χ1v) is 9.57. The van der Waals surface area contributed by atoms with Crippen LogP contribution in [0.5, 0.6) is 5.88 Å². The van der Waals surface area contributed by atoms with Gasteiger partial charge in [-0.2, -0.15) is 9.97 Å². The Morgan fingerprint density at radius 1 is 1.23 bits per heavy atom. The largest absolute Gasteiger partial charge is 0.480 e. The number of nitrogens with zero attached hydrogens (tertiary/aromatic N) is 5. The lowest BCUT2D eigenvalue weighted by Gasteiger charge is -2.28. The first kappa shape index (κ1) is 19.8. The molecule has 3 aromatic rings. The van der Waals surface area contributed by atoms with E-state index in [-0.39, 0.29) is 11.9 Å². The molecule has 0 spiro atoms. The van der Waals surface area contributed by atoms with Crippen molar-refractivity contribution in [3.05, 3.63) is 42.0 Å². The predicted molar refractivity (Wildman–Crippen MR) is 110 cm³/mol. The van der Waals surface area contributed by atoms with Crippen molar-refractivity contribution >= 4 is 23.4 Å². The van der Waals surface area contributed by atoms with E-state index < -0.39 is 0 Å². The highest BCUT2D eigenvalue weighted by Crippen LogP contribution is 2.24. The van der Waals surface area contributed by atoms with Gasteiger partial charge in [0, 0.05) is 25.2 Å². The van der Waals surface area contributed by atoms with Crippen LogP contribution in [0.15, 0.2) is 30.5 Å². The SMILES string of the molecule is COc1cc(Nc2nc(N[C@@H](C)c3ccc(F)cn3)cc(N3CCOCC3)n2)[nH]n1. The molecule has 0 unspecified atom stereocenters. The fourth-order valence-corrected chi connectivity index (χ4v) is 3.05. The van der Waals surface area contributed by atoms with E-state index in [0.717, 1.165) is 18.9 Å². The summed E-state index contributed by atoms with van der Waals surface area (Å²) in [6.45, 7) is 4.70. The number of ether oxygens (including phenoxy) is 2. The second-order valence-corrected chi connectivity index (χ2v) is 6.75. The fourth-order valence-electron chi connectivity index (χ4n) is 3.05. The second kappa shape index (κ2) is 8.91. The van der Waals surface area contributed by atoms with Gasteiger partial charge in [-0.3, -0.25) is 10.1 Å². The lowest BCUT2D eigenvalue weighted by molar-refractivity contribution is 0.122. The molecular weight excluding hydrogens is 391 g/mol. The van der Waals surface area contributed by atoms with E-state index in [1.807, 2.05) is 13.0 Å². The predicted octanol–water partition coefficient (Wildman–Crippen LogP) is 2.50. The van der Waals surface area contributed by atoms with E-state index in [0.29, 0.717) is 42.4 Å². The summed E-state index contributed by atoms with van der Waals surface area (Å²) in [5.74, 6) is 2.46. The zero-order valence-corrected chi connectivity index (χ0v) is 16.7. The van der Waals surface area contributed by atoms with Crippen molar-refractivity contribution in [1.29, 1.82) is 0 Å². The monoisotopic (exact) mass is 414 g/mol. The minimum Gasteiger partial charge on any atom is -0.480 e. The number of halogens is 1. The zero-order valence-electron chi connectivity index (χ0n) is 16.7. The number of aromatic amines is 1. The summed E-state index contributed by atoms with van der Waals surface area (Å²) in [5.41, 5.74) is 0.704. The number of aromatic nitrogens is 5. The Morgan fingerprint density at radius 3 is 2.77 bits per heavy atom. The molecular formula is C19H23FN8O2. The number of rotatable bonds is 7. The van der Waals surface area contributed by atoms with Crippen molar-refractivity contribution in [1.82, 2.24) is 25.1 Å². The highest BCUT2D eigenvalue weighted by atomic mass is 19.1. The maximum atomic E-state index is 13.2. The molecule has 3 N–H and O–H groups in total. The highest BCUT2D eigenvalue weighted by molar-refractivity contribution is 5.58. The molecule has 3 aromatic heterocycles. The first-order chi connectivity index (χ1) is 14.6. The molecule has 11 heteroatoms. The Morgan fingerprint density at radius 2 is 2.07 bits per heavy atom. The Labute approximate surface area is 172 Å². The lowest BCUT2D eigenvalue weighted by atomic mass is 10.2. The van der Waals surface area contributed by atoms with Gasteiger partial charge in [0.2, 0.25) is 11.8 Å². The van der Waals surface area contributed by atoms with Crippen LogP contribution < -0.4 is 20.3 Å². The maximum Gasteiger partial charge on any atom is 0.234 e. The molecule has 0 bridgehead atoms. The quantitative estimate of drug-likeness (QED) is 0.537. The smallest absolute Gasteiger partial charge is 0.234 e. The van der Waals surface area contributed by atoms with E-state index in [2.05, 4.69) is 40.7 Å². The van der Waals surface area contributed by atoms with Gasteiger partial charge >= 0.3 is 0 Å². The molecule has 1 aliphatic heterocycles. The van der Waals surface area contributed by atoms with Gasteiger partial charge in [0.25, 0.3) is 0 Å². The van der Waals surface area contributed by atoms with Crippen LogP contribution in [0, 0.1) is 5.82 Å². The highest BCUT2D eigenvalue weighted by Gasteiger charge is 2.17. The van der Waals surface area contributed by atoms with Crippen LogP contribution in [0.4, 0.5) is 27.8 Å². The van der Waals surface area contributed by atoms with Gasteiger partial charge in [0.05, 0.1) is 38.3 Å². The van der Waals surface area contributed by atoms with E-state index >= 15 is 0 Å². The van der Waals surface area contributed by atoms with E-state index in [9.17, 15) is 4.39 Å². The Hall–Kier alpha value is -3.47. The van der Waals surface area contributed by atoms with Crippen molar-refractivity contribution < 1.29 is 13.9 Å². The maximum absolute atomic E-state index is 13.2. The number of nitrogens with one attached hydrogen (secondary N) is 3. The number of H-pyrrole nitrogens is 1. The summed E-state index contributed by atoms with van der Waals surface area (Å²) in [4.78, 5) is 15.5. The minimum absolute atomic E-state index is 0.182. The molecule has 0 aliphatic carbocycles. The fraction of sp³-hybridized carbons (Fsp3) is 0.368. The van der Waals surface area contributed by atoms with Crippen molar-refractivity contribution in [2.45, 2.75) is 13.0 Å². The second-order valence-electron chi connectivity index (χ2n) is 6.75. The molecule has 0 amide bonds. The number of methoxy groups -OCH3 is 1. The third kappa shape index (κ3) is 4.74. The van der Waals surface area contributed by atoms with Gasteiger partial charge in [-0.05, 0) is 19.1 Å². The molecule has 1 saturated heterocycles. The third-order valence-corrected chi connectivity index (χ3v) is 4.62. The first-order valence-electron chi connectivity index (χ1n) is 9.57. The molecule has 4 rings (SSSR count). The average molecular weight is 414 g/mol. The van der Waals surface area contributed by atoms with Gasteiger partial charge in [-0.15, -0.1) is 5.10 Å². The molecule has 0 aromatic carbocycles. The molecule has 30 heavy (non-hydrogen) atoms. The van der Waals surface area contributed by atoms with Gasteiger partial charge < -0.3 is 25.0 Å². The van der Waals surface area contributed by atoms with Crippen molar-refractivity contribution in [3.63, 3.8) is 0 Å². The summed E-state index contributed by atoms with van der Waals surface area (Å²) in [5, 5.41) is 13.3. The van der Waals surface area contributed by atoms with E-state index in [1.165, 1.54) is 12.3 Å². The lowest BCUT2D eigenvalue weighted by Crippen LogP contribution is -2.37. The molecule has 0 saturated carbocycles. The van der Waals surface area contributed by atoms with Crippen molar-refractivity contribution in [2.24, 2.45) is 0 Å².